The molecule has 37 heteroatoms. The third kappa shape index (κ3) is 15.0. The number of allylic oxidation sites excluding steroid dienone is 1. The second kappa shape index (κ2) is 30.5. The van der Waals surface area contributed by atoms with Gasteiger partial charge in [0.15, 0.2) is 18.1 Å². The summed E-state index contributed by atoms with van der Waals surface area (Å²) in [5, 5.41) is 57.8. The van der Waals surface area contributed by atoms with Crippen molar-refractivity contribution in [3.05, 3.63) is 112 Å². The lowest BCUT2D eigenvalue weighted by atomic mass is 9.85. The number of nitrogens with one attached hydrogen (secondary N) is 5. The molecule has 10 atom stereocenters. The molecular weight excluding hydrogens is 1440 g/mol. The number of carbonyl (C=O) groups is 7. The topological polar surface area (TPSA) is 403 Å². The average Bonchev–Trinajstić information content (AvgIpc) is 1.65. The summed E-state index contributed by atoms with van der Waals surface area (Å²) in [5.74, 6) is -5.87. The van der Waals surface area contributed by atoms with Crippen molar-refractivity contribution in [3.8, 4) is 38.4 Å². The molecule has 10 unspecified atom stereocenters. The number of hydrogen-bond acceptors (Lipinski definition) is 31. The number of carbonyl (C=O) groups excluding carboxylic acids is 7. The maximum Gasteiger partial charge on any atom is 0.358 e. The third-order valence-corrected chi connectivity index (χ3v) is 22.5. The van der Waals surface area contributed by atoms with Crippen molar-refractivity contribution in [2.45, 2.75) is 114 Å². The van der Waals surface area contributed by atoms with Gasteiger partial charge in [0.2, 0.25) is 5.91 Å². The lowest BCUT2D eigenvalue weighted by Gasteiger charge is -2.48. The van der Waals surface area contributed by atoms with Crippen molar-refractivity contribution >= 4 is 115 Å². The van der Waals surface area contributed by atoms with Crippen LogP contribution in [0.4, 0.5) is 0 Å². The first kappa shape index (κ1) is 72.5. The van der Waals surface area contributed by atoms with E-state index in [9.17, 15) is 29.8 Å². The summed E-state index contributed by atoms with van der Waals surface area (Å²) in [5.41, 5.74) is -1.35. The molecule has 12 bridgehead atoms. The molecule has 103 heavy (non-hydrogen) atoms. The number of thiazole rings is 5. The number of aliphatic hydroxyl groups excluding tert-OH is 1. The summed E-state index contributed by atoms with van der Waals surface area (Å²) in [6.07, 6.45) is -6.73. The van der Waals surface area contributed by atoms with E-state index in [0.29, 0.717) is 36.5 Å². The molecule has 0 radical (unpaired) electrons. The smallest absolute Gasteiger partial charge is 0.358 e. The molecular formula is C66H72N14O18S5. The molecule has 5 amide bonds. The van der Waals surface area contributed by atoms with Crippen LogP contribution in [-0.2, 0) is 56.0 Å². The van der Waals surface area contributed by atoms with E-state index in [4.69, 9.17) is 62.8 Å². The normalized spacial score (nSPS) is 24.6. The molecule has 2 fully saturated rings. The number of cyclic esters (lactones) is 2. The zero-order valence-electron chi connectivity index (χ0n) is 56.7. The quantitative estimate of drug-likeness (QED) is 0.0348. The van der Waals surface area contributed by atoms with Crippen LogP contribution >= 0.6 is 56.7 Å². The fraction of sp³-hybridized carbons (Fsp3) is 0.439. The molecule has 13 rings (SSSR count). The summed E-state index contributed by atoms with van der Waals surface area (Å²) in [4.78, 5) is 136. The average molecular weight is 1510 g/mol. The van der Waals surface area contributed by atoms with E-state index in [1.54, 1.807) is 61.8 Å². The Balaban J connectivity index is 0.957. The number of benzene rings is 1. The van der Waals surface area contributed by atoms with Gasteiger partial charge in [-0.1, -0.05) is 12.1 Å². The molecule has 8 N–H and O–H groups in total. The minimum Gasteiger partial charge on any atom is -0.499 e. The Kier molecular flexibility index (Phi) is 21.5. The predicted molar refractivity (Wildman–Crippen MR) is 373 cm³/mol. The van der Waals surface area contributed by atoms with Crippen LogP contribution in [-0.4, -0.2) is 224 Å². The number of rotatable bonds is 12. The first-order chi connectivity index (χ1) is 49.5. The number of hydrogen-bond donors (Lipinski definition) is 8. The summed E-state index contributed by atoms with van der Waals surface area (Å²) >= 11 is 4.96. The molecule has 5 aliphatic heterocycles. The van der Waals surface area contributed by atoms with E-state index < -0.39 is 127 Å². The van der Waals surface area contributed by atoms with Gasteiger partial charge >= 0.3 is 11.9 Å². The summed E-state index contributed by atoms with van der Waals surface area (Å²) in [6.45, 7) is 8.52. The van der Waals surface area contributed by atoms with Crippen LogP contribution in [0.25, 0.3) is 49.3 Å². The number of ether oxygens (including phenoxy) is 8. The van der Waals surface area contributed by atoms with Gasteiger partial charge in [0.1, 0.15) is 120 Å². The number of aromatic nitrogens is 7. The first-order valence-corrected chi connectivity index (χ1v) is 37.0. The second-order valence-corrected chi connectivity index (χ2v) is 29.6. The highest BCUT2D eigenvalue weighted by atomic mass is 32.1. The summed E-state index contributed by atoms with van der Waals surface area (Å²) < 4.78 is 49.9. The van der Waals surface area contributed by atoms with Crippen molar-refractivity contribution in [1.82, 2.24) is 71.0 Å². The van der Waals surface area contributed by atoms with Crippen LogP contribution in [0.2, 0.25) is 0 Å². The van der Waals surface area contributed by atoms with Gasteiger partial charge in [0.25, 0.3) is 23.6 Å². The van der Waals surface area contributed by atoms with E-state index in [0.717, 1.165) is 76.3 Å². The van der Waals surface area contributed by atoms with Crippen LogP contribution in [0.5, 0.6) is 5.75 Å². The van der Waals surface area contributed by atoms with Gasteiger partial charge in [0.05, 0.1) is 63.4 Å². The standard InChI is InChI=1S/C66H72N14O18S5/c1-29(81)45-58(86)76-46(30(2)91-7)61-72-40(28-101-61)57(85)77-49-51-52(98-43-20-66(4,89)53(78(5)6)31(3)97-43)65(88)95-21-32-11-9-12-41-44(32)34(22-94-51)50(80(41)90)64(87)96-23-35(68-55(83)38-27-103-63(49)73-38)60-69-36(24-100-60)47-33(59-70-39(26-99-59)56(84)75-45)19-42(92-8)48(74-47)62-71-37(25-102-62)54(82)67-13-10-14-79-15-17-93-18-16-79/h9,11-12,19,24-29,31,35,43,45,49,51-53,81,89-90H,10,13-18,20-23H2,1-8H3,(H,67,82)(H,68,83)(H,75,84)(H,76,86)(H,77,85)/b46-30+. The van der Waals surface area contributed by atoms with Gasteiger partial charge in [-0.05, 0) is 72.5 Å². The number of aliphatic hydroxyl groups is 2. The number of nitrogens with zero attached hydrogens (tertiary/aromatic N) is 9. The third-order valence-electron chi connectivity index (χ3n) is 18.0. The van der Waals surface area contributed by atoms with E-state index >= 15 is 19.2 Å². The molecule has 0 aliphatic carbocycles. The van der Waals surface area contributed by atoms with Gasteiger partial charge in [0, 0.05) is 69.5 Å². The molecule has 0 spiro atoms. The van der Waals surface area contributed by atoms with Gasteiger partial charge in [-0.15, -0.1) is 56.7 Å². The number of likely N-dealkylation sites (N-methyl/N-ethyl adjacent to an activating group) is 1. The van der Waals surface area contributed by atoms with E-state index in [2.05, 4.69) is 36.5 Å². The number of fused-ring (bicyclic) bond motifs is 15. The van der Waals surface area contributed by atoms with Crippen LogP contribution in [0.15, 0.2) is 56.9 Å². The largest absolute Gasteiger partial charge is 0.499 e. The minimum absolute atomic E-state index is 0.00936. The van der Waals surface area contributed by atoms with Gasteiger partial charge in [-0.3, -0.25) is 28.9 Å². The van der Waals surface area contributed by atoms with Crippen LogP contribution in [0.1, 0.15) is 131 Å². The summed E-state index contributed by atoms with van der Waals surface area (Å²) in [7, 11) is 6.31. The zero-order chi connectivity index (χ0) is 72.7. The van der Waals surface area contributed by atoms with Crippen LogP contribution < -0.4 is 31.3 Å². The lowest BCUT2D eigenvalue weighted by Crippen LogP contribution is -2.62. The van der Waals surface area contributed by atoms with Crippen molar-refractivity contribution in [3.63, 3.8) is 0 Å². The van der Waals surface area contributed by atoms with Crippen molar-refractivity contribution in [2.24, 2.45) is 0 Å². The summed E-state index contributed by atoms with van der Waals surface area (Å²) in [6, 6.07) is 1.21. The molecule has 2 saturated heterocycles. The SMILES string of the molecule is CO/C(C)=C1/NC(=O)C(C(C)O)NC(=O)c2csc(n2)-c2cc(OC)c(-c3nc(C(=O)NCCCN4CCOCC4)cs3)nc2-c2csc(n2)C2COC(=O)c3c4c5c(cccc5n3O)COC(=O)C(OC3CC(C)(O)C(N(C)C)C(C)O3)C(OC4)C(NC(=O)c3csc1n3)c1nc(cs1)C(=O)N2. The predicted octanol–water partition coefficient (Wildman–Crippen LogP) is 4.92. The van der Waals surface area contributed by atoms with Crippen molar-refractivity contribution in [1.29, 1.82) is 0 Å². The Morgan fingerprint density at radius 2 is 1.52 bits per heavy atom. The maximum absolute atomic E-state index is 15.2. The van der Waals surface area contributed by atoms with Crippen molar-refractivity contribution in [2.75, 3.05) is 74.3 Å². The Morgan fingerprint density at radius 1 is 0.835 bits per heavy atom. The van der Waals surface area contributed by atoms with Crippen LogP contribution in [0.3, 0.4) is 0 Å². The number of morpholine rings is 1. The maximum atomic E-state index is 15.2. The Hall–Kier alpha value is -8.83. The molecule has 7 aromatic heterocycles. The minimum atomic E-state index is -1.90. The molecule has 1 aromatic carbocycles. The number of esters is 2. The second-order valence-electron chi connectivity index (χ2n) is 25.3. The van der Waals surface area contributed by atoms with Crippen LogP contribution in [0, 0.1) is 0 Å². The molecule has 544 valence electrons. The van der Waals surface area contributed by atoms with Crippen molar-refractivity contribution < 1.29 is 86.9 Å². The number of amides is 5. The fourth-order valence-electron chi connectivity index (χ4n) is 13.0. The lowest BCUT2D eigenvalue weighted by molar-refractivity contribution is -0.280. The molecule has 32 nitrogen and oxygen atoms in total. The Bertz CT molecular complexity index is 4610. The number of pyridine rings is 1. The Labute approximate surface area is 607 Å². The molecule has 0 saturated carbocycles. The highest BCUT2D eigenvalue weighted by Gasteiger charge is 2.50. The monoisotopic (exact) mass is 1510 g/mol. The zero-order valence-corrected chi connectivity index (χ0v) is 60.8. The fourth-order valence-corrected chi connectivity index (χ4v) is 17.2. The van der Waals surface area contributed by atoms with E-state index in [-0.39, 0.29) is 111 Å². The molecule has 8 aromatic rings. The van der Waals surface area contributed by atoms with Gasteiger partial charge < -0.3 is 84.8 Å². The van der Waals surface area contributed by atoms with Gasteiger partial charge in [-0.2, -0.15) is 4.73 Å². The molecule has 12 heterocycles. The highest BCUT2D eigenvalue weighted by molar-refractivity contribution is 7.14. The highest BCUT2D eigenvalue weighted by Crippen LogP contribution is 2.43. The van der Waals surface area contributed by atoms with E-state index in [1.165, 1.54) is 50.3 Å². The molecule has 5 aliphatic rings. The Morgan fingerprint density at radius 3 is 2.26 bits per heavy atom. The van der Waals surface area contributed by atoms with Gasteiger partial charge in [-0.25, -0.2) is 39.5 Å². The van der Waals surface area contributed by atoms with E-state index in [1.807, 2.05) is 0 Å². The number of methoxy groups -OCH3 is 2. The first-order valence-electron chi connectivity index (χ1n) is 32.6.